The standard InChI is InChI=1S/C23H30O7/c1-12(24)29-11-17(27)22(28)10-18-23(30-18)15-5-4-13-8-14(25)6-7-20(13,2)19(15)16(26)9-21(22,23)3/h8,15-16,18-19,26,28H,4-7,9-11H2,1-3H3/t15-,16-,18+,19+,20+,21-,22+,23+/m1/s1. The van der Waals surface area contributed by atoms with E-state index in [4.69, 9.17) is 9.47 Å². The second-order valence-corrected chi connectivity index (χ2v) is 10.5. The molecule has 0 aromatic heterocycles. The van der Waals surface area contributed by atoms with Gasteiger partial charge in [0.25, 0.3) is 0 Å². The largest absolute Gasteiger partial charge is 0.458 e. The van der Waals surface area contributed by atoms with Crippen LogP contribution in [-0.4, -0.2) is 57.8 Å². The molecule has 0 unspecified atom stereocenters. The molecule has 1 saturated heterocycles. The fourth-order valence-corrected chi connectivity index (χ4v) is 7.84. The molecular formula is C23H30O7. The van der Waals surface area contributed by atoms with E-state index in [2.05, 4.69) is 6.92 Å². The van der Waals surface area contributed by atoms with Crippen LogP contribution >= 0.6 is 0 Å². The van der Waals surface area contributed by atoms with Gasteiger partial charge in [-0.1, -0.05) is 19.4 Å². The van der Waals surface area contributed by atoms with Gasteiger partial charge in [0.2, 0.25) is 5.78 Å². The number of fused-ring (bicyclic) bond motifs is 3. The number of epoxide rings is 1. The average molecular weight is 418 g/mol. The fraction of sp³-hybridized carbons (Fsp3) is 0.783. The predicted molar refractivity (Wildman–Crippen MR) is 104 cm³/mol. The number of Topliss-reactive ketones (excluding diaryl/α,β-unsaturated/α-hetero) is 1. The number of rotatable bonds is 3. The minimum absolute atomic E-state index is 0.00199. The second kappa shape index (κ2) is 6.02. The summed E-state index contributed by atoms with van der Waals surface area (Å²) >= 11 is 0. The van der Waals surface area contributed by atoms with Crippen molar-refractivity contribution < 1.29 is 34.1 Å². The third-order valence-corrected chi connectivity index (χ3v) is 9.32. The molecule has 5 aliphatic rings. The predicted octanol–water partition coefficient (Wildman–Crippen LogP) is 1.48. The Bertz CT molecular complexity index is 879. The highest BCUT2D eigenvalue weighted by Gasteiger charge is 2.86. The summed E-state index contributed by atoms with van der Waals surface area (Å²) < 4.78 is 11.2. The lowest BCUT2D eigenvalue weighted by Gasteiger charge is -2.60. The molecule has 5 rings (SSSR count). The van der Waals surface area contributed by atoms with Crippen LogP contribution in [0.5, 0.6) is 0 Å². The molecule has 1 heterocycles. The summed E-state index contributed by atoms with van der Waals surface area (Å²) in [4.78, 5) is 36.2. The van der Waals surface area contributed by atoms with Gasteiger partial charge in [-0.15, -0.1) is 0 Å². The van der Waals surface area contributed by atoms with Crippen LogP contribution in [0.2, 0.25) is 0 Å². The first-order valence-corrected chi connectivity index (χ1v) is 11.0. The van der Waals surface area contributed by atoms with Crippen molar-refractivity contribution in [2.24, 2.45) is 22.7 Å². The van der Waals surface area contributed by atoms with Gasteiger partial charge in [-0.2, -0.15) is 0 Å². The van der Waals surface area contributed by atoms with Gasteiger partial charge in [0.05, 0.1) is 12.2 Å². The Morgan fingerprint density at radius 2 is 2.00 bits per heavy atom. The summed E-state index contributed by atoms with van der Waals surface area (Å²) in [5.74, 6) is -1.01. The SMILES string of the molecule is CC(=O)OCC(=O)[C@@]1(O)C[C@@H]2O[C@@]23[C@@H]2CCC4=CC(=O)CC[C@]4(C)[C@@H]2[C@H](O)C[C@@]31C. The zero-order chi connectivity index (χ0) is 21.7. The summed E-state index contributed by atoms with van der Waals surface area (Å²) in [5.41, 5.74) is -2.46. The smallest absolute Gasteiger partial charge is 0.303 e. The Hall–Kier alpha value is -1.57. The third kappa shape index (κ3) is 2.24. The van der Waals surface area contributed by atoms with E-state index in [1.807, 2.05) is 6.92 Å². The lowest BCUT2D eigenvalue weighted by atomic mass is 9.44. The molecule has 2 N–H and O–H groups in total. The van der Waals surface area contributed by atoms with E-state index in [1.165, 1.54) is 6.92 Å². The van der Waals surface area contributed by atoms with Crippen LogP contribution in [0.15, 0.2) is 11.6 Å². The van der Waals surface area contributed by atoms with Crippen LogP contribution in [0.3, 0.4) is 0 Å². The van der Waals surface area contributed by atoms with E-state index in [-0.39, 0.29) is 42.0 Å². The highest BCUT2D eigenvalue weighted by Crippen LogP contribution is 2.77. The van der Waals surface area contributed by atoms with Gasteiger partial charge >= 0.3 is 5.97 Å². The summed E-state index contributed by atoms with van der Waals surface area (Å²) in [6, 6.07) is 0. The first kappa shape index (κ1) is 20.3. The average Bonchev–Trinajstić information content (AvgIpc) is 3.34. The Balaban J connectivity index is 1.52. The molecule has 1 spiro atoms. The van der Waals surface area contributed by atoms with Gasteiger partial charge in [-0.25, -0.2) is 0 Å². The molecule has 0 amide bonds. The quantitative estimate of drug-likeness (QED) is 0.527. The summed E-state index contributed by atoms with van der Waals surface area (Å²) in [7, 11) is 0. The fourth-order valence-electron chi connectivity index (χ4n) is 7.84. The van der Waals surface area contributed by atoms with Crippen LogP contribution in [0.1, 0.15) is 59.3 Å². The number of allylic oxidation sites excluding steroid dienone is 1. The van der Waals surface area contributed by atoms with Crippen molar-refractivity contribution >= 4 is 17.5 Å². The molecule has 4 aliphatic carbocycles. The molecule has 0 bridgehead atoms. The molecule has 1 aliphatic heterocycles. The van der Waals surface area contributed by atoms with Crippen molar-refractivity contribution in [3.8, 4) is 0 Å². The maximum absolute atomic E-state index is 13.0. The van der Waals surface area contributed by atoms with Crippen LogP contribution in [0.4, 0.5) is 0 Å². The van der Waals surface area contributed by atoms with E-state index >= 15 is 0 Å². The van der Waals surface area contributed by atoms with Crippen molar-refractivity contribution in [2.75, 3.05) is 6.61 Å². The summed E-state index contributed by atoms with van der Waals surface area (Å²) in [6.07, 6.45) is 3.94. The van der Waals surface area contributed by atoms with Crippen LogP contribution in [-0.2, 0) is 23.9 Å². The van der Waals surface area contributed by atoms with Gasteiger partial charge in [0, 0.05) is 25.2 Å². The monoisotopic (exact) mass is 418 g/mol. The minimum atomic E-state index is -1.70. The zero-order valence-corrected chi connectivity index (χ0v) is 17.8. The first-order valence-electron chi connectivity index (χ1n) is 11.0. The molecule has 7 nitrogen and oxygen atoms in total. The number of hydrogen-bond acceptors (Lipinski definition) is 7. The Morgan fingerprint density at radius 3 is 2.70 bits per heavy atom. The highest BCUT2D eigenvalue weighted by molar-refractivity contribution is 5.92. The van der Waals surface area contributed by atoms with Crippen LogP contribution in [0, 0.1) is 22.7 Å². The Labute approximate surface area is 175 Å². The van der Waals surface area contributed by atoms with Crippen LogP contribution in [0.25, 0.3) is 0 Å². The van der Waals surface area contributed by atoms with Crippen LogP contribution < -0.4 is 0 Å². The Kier molecular flexibility index (Phi) is 4.08. The third-order valence-electron chi connectivity index (χ3n) is 9.32. The molecule has 30 heavy (non-hydrogen) atoms. The van der Waals surface area contributed by atoms with Crippen molar-refractivity contribution in [1.82, 2.24) is 0 Å². The van der Waals surface area contributed by atoms with Gasteiger partial charge in [0.15, 0.2) is 12.4 Å². The number of aliphatic hydroxyl groups is 2. The number of ketones is 2. The maximum Gasteiger partial charge on any atom is 0.303 e. The number of carbonyl (C=O) groups excluding carboxylic acids is 3. The van der Waals surface area contributed by atoms with E-state index in [9.17, 15) is 24.6 Å². The lowest BCUT2D eigenvalue weighted by Crippen LogP contribution is -2.67. The first-order chi connectivity index (χ1) is 14.0. The van der Waals surface area contributed by atoms with Gasteiger partial charge < -0.3 is 19.7 Å². The molecule has 0 aromatic rings. The highest BCUT2D eigenvalue weighted by atomic mass is 16.6. The molecule has 7 heteroatoms. The topological polar surface area (TPSA) is 113 Å². The van der Waals surface area contributed by atoms with Gasteiger partial charge in [-0.3, -0.25) is 14.4 Å². The van der Waals surface area contributed by atoms with Gasteiger partial charge in [0.1, 0.15) is 11.2 Å². The molecule has 0 aromatic carbocycles. The maximum atomic E-state index is 13.0. The molecule has 0 radical (unpaired) electrons. The Morgan fingerprint density at radius 1 is 1.27 bits per heavy atom. The van der Waals surface area contributed by atoms with E-state index in [0.29, 0.717) is 12.8 Å². The lowest BCUT2D eigenvalue weighted by molar-refractivity contribution is -0.205. The summed E-state index contributed by atoms with van der Waals surface area (Å²) in [6.45, 7) is 4.76. The van der Waals surface area contributed by atoms with Gasteiger partial charge in [-0.05, 0) is 49.0 Å². The number of aliphatic hydroxyl groups excluding tert-OH is 1. The normalized spacial score (nSPS) is 51.1. The summed E-state index contributed by atoms with van der Waals surface area (Å²) in [5, 5.41) is 23.0. The zero-order valence-electron chi connectivity index (χ0n) is 17.8. The van der Waals surface area contributed by atoms with Crippen molar-refractivity contribution in [3.63, 3.8) is 0 Å². The number of hydrogen-bond donors (Lipinski definition) is 2. The number of carbonyl (C=O) groups is 3. The minimum Gasteiger partial charge on any atom is -0.458 e. The second-order valence-electron chi connectivity index (χ2n) is 10.5. The molecule has 8 atom stereocenters. The van der Waals surface area contributed by atoms with E-state index in [0.717, 1.165) is 18.4 Å². The van der Waals surface area contributed by atoms with Crippen molar-refractivity contribution in [1.29, 1.82) is 0 Å². The molecule has 164 valence electrons. The number of esters is 1. The van der Waals surface area contributed by atoms with Crippen molar-refractivity contribution in [3.05, 3.63) is 11.6 Å². The number of ether oxygens (including phenoxy) is 2. The van der Waals surface area contributed by atoms with E-state index in [1.54, 1.807) is 6.08 Å². The molecule has 3 saturated carbocycles. The molecular weight excluding hydrogens is 388 g/mol. The van der Waals surface area contributed by atoms with Crippen molar-refractivity contribution in [2.45, 2.75) is 82.7 Å². The molecule has 4 fully saturated rings. The van der Waals surface area contributed by atoms with E-state index < -0.39 is 41.1 Å².